The average molecular weight is 235 g/mol. The maximum atomic E-state index is 10.6. The molecule has 1 N–H and O–H groups in total. The molecule has 1 aromatic heterocycles. The fourth-order valence-electron chi connectivity index (χ4n) is 1.29. The topological polar surface area (TPSA) is 128 Å². The Kier molecular flexibility index (Phi) is 2.49. The first-order valence-corrected chi connectivity index (χ1v) is 4.38. The summed E-state index contributed by atoms with van der Waals surface area (Å²) in [5.74, 6) is 0. The van der Waals surface area contributed by atoms with Gasteiger partial charge in [0.1, 0.15) is 5.69 Å². The number of hydrogen-bond acceptors (Lipinski definition) is 6. The third-order valence-corrected chi connectivity index (χ3v) is 2.03. The van der Waals surface area contributed by atoms with E-state index in [2.05, 4.69) is 15.4 Å². The molecule has 0 spiro atoms. The van der Waals surface area contributed by atoms with Crippen molar-refractivity contribution in [3.05, 3.63) is 44.6 Å². The van der Waals surface area contributed by atoms with Crippen molar-refractivity contribution in [1.29, 1.82) is 0 Å². The highest BCUT2D eigenvalue weighted by Crippen LogP contribution is 2.27. The van der Waals surface area contributed by atoms with Crippen LogP contribution in [-0.2, 0) is 0 Å². The van der Waals surface area contributed by atoms with Crippen molar-refractivity contribution >= 4 is 11.4 Å². The second-order valence-corrected chi connectivity index (χ2v) is 3.11. The zero-order valence-corrected chi connectivity index (χ0v) is 8.23. The molecule has 17 heavy (non-hydrogen) atoms. The molecule has 0 aliphatic heterocycles. The predicted molar refractivity (Wildman–Crippen MR) is 55.1 cm³/mol. The molecule has 1 heterocycles. The molecule has 1 aromatic carbocycles. The van der Waals surface area contributed by atoms with E-state index < -0.39 is 9.85 Å². The van der Waals surface area contributed by atoms with Gasteiger partial charge in [-0.3, -0.25) is 20.2 Å². The molecule has 0 saturated carbocycles. The second-order valence-electron chi connectivity index (χ2n) is 3.11. The molecule has 0 saturated heterocycles. The summed E-state index contributed by atoms with van der Waals surface area (Å²) in [4.78, 5) is 19.9. The Hall–Kier alpha value is -2.84. The van der Waals surface area contributed by atoms with Crippen LogP contribution in [0.5, 0.6) is 0 Å². The molecule has 9 nitrogen and oxygen atoms in total. The minimum atomic E-state index is -0.698. The number of hydrogen-bond donors (Lipinski definition) is 1. The van der Waals surface area contributed by atoms with Crippen LogP contribution in [0.25, 0.3) is 11.3 Å². The highest BCUT2D eigenvalue weighted by atomic mass is 16.6. The summed E-state index contributed by atoms with van der Waals surface area (Å²) in [5, 5.41) is 30.8. The lowest BCUT2D eigenvalue weighted by atomic mass is 10.1. The number of non-ortho nitro benzene ring substituents is 2. The molecule has 0 bridgehead atoms. The van der Waals surface area contributed by atoms with Crippen molar-refractivity contribution in [2.45, 2.75) is 0 Å². The van der Waals surface area contributed by atoms with Gasteiger partial charge in [-0.25, -0.2) is 0 Å². The molecule has 86 valence electrons. The van der Waals surface area contributed by atoms with Crippen molar-refractivity contribution in [2.75, 3.05) is 0 Å². The first-order valence-electron chi connectivity index (χ1n) is 4.38. The molecule has 9 heteroatoms. The molecule has 0 unspecified atom stereocenters. The third kappa shape index (κ3) is 2.07. The Morgan fingerprint density at radius 2 is 1.65 bits per heavy atom. The first-order chi connectivity index (χ1) is 8.08. The van der Waals surface area contributed by atoms with E-state index in [1.165, 1.54) is 18.3 Å². The van der Waals surface area contributed by atoms with Crippen LogP contribution < -0.4 is 0 Å². The fourth-order valence-corrected chi connectivity index (χ4v) is 1.29. The third-order valence-electron chi connectivity index (χ3n) is 2.03. The smallest absolute Gasteiger partial charge is 0.258 e. The van der Waals surface area contributed by atoms with E-state index in [-0.39, 0.29) is 16.9 Å². The van der Waals surface area contributed by atoms with E-state index in [9.17, 15) is 20.2 Å². The van der Waals surface area contributed by atoms with Crippen LogP contribution in [0.2, 0.25) is 0 Å². The van der Waals surface area contributed by atoms with E-state index in [1.807, 2.05) is 0 Å². The van der Waals surface area contributed by atoms with Crippen LogP contribution in [0.4, 0.5) is 11.4 Å². The maximum Gasteiger partial charge on any atom is 0.276 e. The number of aromatic nitrogens is 3. The zero-order valence-electron chi connectivity index (χ0n) is 8.23. The molecule has 0 fully saturated rings. The number of rotatable bonds is 3. The van der Waals surface area contributed by atoms with Crippen LogP contribution in [0.1, 0.15) is 0 Å². The van der Waals surface area contributed by atoms with Crippen LogP contribution >= 0.6 is 0 Å². The summed E-state index contributed by atoms with van der Waals surface area (Å²) >= 11 is 0. The molecule has 2 rings (SSSR count). The Morgan fingerprint density at radius 3 is 2.06 bits per heavy atom. The van der Waals surface area contributed by atoms with Crippen molar-refractivity contribution in [1.82, 2.24) is 15.4 Å². The zero-order chi connectivity index (χ0) is 12.4. The van der Waals surface area contributed by atoms with Gasteiger partial charge in [0.25, 0.3) is 11.4 Å². The van der Waals surface area contributed by atoms with E-state index in [1.54, 1.807) is 0 Å². The Labute approximate surface area is 93.4 Å². The number of H-pyrrole nitrogens is 1. The number of nitro benzene ring substituents is 2. The normalized spacial score (nSPS) is 10.1. The minimum Gasteiger partial charge on any atom is -0.258 e. The van der Waals surface area contributed by atoms with Crippen molar-refractivity contribution in [3.8, 4) is 11.3 Å². The Balaban J connectivity index is 2.60. The van der Waals surface area contributed by atoms with Crippen LogP contribution in [0.15, 0.2) is 24.4 Å². The van der Waals surface area contributed by atoms with Crippen molar-refractivity contribution < 1.29 is 9.85 Å². The predicted octanol–water partition coefficient (Wildman–Crippen LogP) is 1.29. The minimum absolute atomic E-state index is 0.264. The van der Waals surface area contributed by atoms with Crippen LogP contribution in [0.3, 0.4) is 0 Å². The quantitative estimate of drug-likeness (QED) is 0.630. The number of nitro groups is 2. The standard InChI is InChI=1S/C8H5N5O4/c14-12(15)6-1-5(8-4-9-11-10-8)2-7(3-6)13(16)17/h1-4H,(H,9,10,11). The number of benzene rings is 1. The second kappa shape index (κ2) is 3.96. The van der Waals surface area contributed by atoms with E-state index >= 15 is 0 Å². The van der Waals surface area contributed by atoms with E-state index in [0.717, 1.165) is 6.07 Å². The Morgan fingerprint density at radius 1 is 1.06 bits per heavy atom. The van der Waals surface area contributed by atoms with Gasteiger partial charge in [-0.2, -0.15) is 15.4 Å². The maximum absolute atomic E-state index is 10.6. The summed E-state index contributed by atoms with van der Waals surface area (Å²) in [6.45, 7) is 0. The monoisotopic (exact) mass is 235 g/mol. The summed E-state index contributed by atoms with van der Waals surface area (Å²) in [5.41, 5.74) is -0.161. The largest absolute Gasteiger partial charge is 0.276 e. The highest BCUT2D eigenvalue weighted by molar-refractivity contribution is 5.65. The van der Waals surface area contributed by atoms with Crippen LogP contribution in [-0.4, -0.2) is 25.3 Å². The number of nitrogens with one attached hydrogen (secondary N) is 1. The van der Waals surface area contributed by atoms with Gasteiger partial charge in [0, 0.05) is 17.7 Å². The van der Waals surface area contributed by atoms with E-state index in [4.69, 9.17) is 0 Å². The van der Waals surface area contributed by atoms with Gasteiger partial charge < -0.3 is 0 Å². The van der Waals surface area contributed by atoms with E-state index in [0.29, 0.717) is 5.69 Å². The van der Waals surface area contributed by atoms with Gasteiger partial charge in [0.05, 0.1) is 22.1 Å². The highest BCUT2D eigenvalue weighted by Gasteiger charge is 2.17. The van der Waals surface area contributed by atoms with Gasteiger partial charge in [0.15, 0.2) is 0 Å². The lowest BCUT2D eigenvalue weighted by Gasteiger charge is -1.97. The molecule has 2 aromatic rings. The van der Waals surface area contributed by atoms with Gasteiger partial charge in [-0.05, 0) is 0 Å². The van der Waals surface area contributed by atoms with Gasteiger partial charge in [0.2, 0.25) is 0 Å². The van der Waals surface area contributed by atoms with Crippen molar-refractivity contribution in [3.63, 3.8) is 0 Å². The summed E-state index contributed by atoms with van der Waals surface area (Å²) in [6, 6.07) is 3.29. The first kappa shape index (κ1) is 10.7. The molecule has 0 radical (unpaired) electrons. The van der Waals surface area contributed by atoms with Gasteiger partial charge in [-0.1, -0.05) is 0 Å². The summed E-state index contributed by atoms with van der Waals surface area (Å²) in [6.07, 6.45) is 1.32. The molecular weight excluding hydrogens is 230 g/mol. The fraction of sp³-hybridized carbons (Fsp3) is 0. The molecule has 0 atom stereocenters. The lowest BCUT2D eigenvalue weighted by molar-refractivity contribution is -0.394. The lowest BCUT2D eigenvalue weighted by Crippen LogP contribution is -1.94. The van der Waals surface area contributed by atoms with Crippen molar-refractivity contribution in [2.24, 2.45) is 0 Å². The Bertz CT molecular complexity index is 547. The van der Waals surface area contributed by atoms with Crippen LogP contribution in [0, 0.1) is 20.2 Å². The number of nitrogens with zero attached hydrogens (tertiary/aromatic N) is 4. The SMILES string of the molecule is O=[N+]([O-])c1cc(-c2cn[nH]n2)cc([N+](=O)[O-])c1. The molecule has 0 amide bonds. The molecular formula is C8H5N5O4. The van der Waals surface area contributed by atoms with Gasteiger partial charge >= 0.3 is 0 Å². The average Bonchev–Trinajstić information content (AvgIpc) is 2.81. The van der Waals surface area contributed by atoms with Gasteiger partial charge in [-0.15, -0.1) is 0 Å². The summed E-state index contributed by atoms with van der Waals surface area (Å²) in [7, 11) is 0. The summed E-state index contributed by atoms with van der Waals surface area (Å²) < 4.78 is 0. The molecule has 0 aliphatic rings. The number of aromatic amines is 1. The molecule has 0 aliphatic carbocycles.